The Labute approximate surface area is 134 Å². The summed E-state index contributed by atoms with van der Waals surface area (Å²) < 4.78 is 27.2. The normalized spacial score (nSPS) is 13.0. The molecule has 0 fully saturated rings. The minimum absolute atomic E-state index is 0.115. The molecule has 6 heteroatoms. The van der Waals surface area contributed by atoms with Gasteiger partial charge < -0.3 is 4.90 Å². The molecule has 0 aliphatic heterocycles. The summed E-state index contributed by atoms with van der Waals surface area (Å²) >= 11 is 0. The number of nitriles is 1. The van der Waals surface area contributed by atoms with Gasteiger partial charge in [0, 0.05) is 6.04 Å². The van der Waals surface area contributed by atoms with Crippen molar-refractivity contribution in [2.24, 2.45) is 0 Å². The van der Waals surface area contributed by atoms with Crippen molar-refractivity contribution in [3.05, 3.63) is 29.8 Å². The first kappa shape index (κ1) is 18.6. The average Bonchev–Trinajstić information content (AvgIpc) is 2.51. The molecule has 0 bridgehead atoms. The van der Waals surface area contributed by atoms with E-state index in [1.165, 1.54) is 24.3 Å². The highest BCUT2D eigenvalue weighted by Crippen LogP contribution is 2.11. The van der Waals surface area contributed by atoms with Gasteiger partial charge in [-0.25, -0.2) is 13.1 Å². The molecule has 0 amide bonds. The van der Waals surface area contributed by atoms with Crippen molar-refractivity contribution in [3.63, 3.8) is 0 Å². The van der Waals surface area contributed by atoms with Crippen LogP contribution < -0.4 is 4.72 Å². The van der Waals surface area contributed by atoms with E-state index in [0.717, 1.165) is 32.5 Å². The lowest BCUT2D eigenvalue weighted by atomic mass is 10.2. The number of nitrogens with zero attached hydrogens (tertiary/aromatic N) is 2. The molecule has 1 atom stereocenters. The molecule has 0 saturated carbocycles. The van der Waals surface area contributed by atoms with Gasteiger partial charge in [-0.1, -0.05) is 13.8 Å². The number of hydrogen-bond donors (Lipinski definition) is 1. The molecule has 22 heavy (non-hydrogen) atoms. The monoisotopic (exact) mass is 323 g/mol. The van der Waals surface area contributed by atoms with Gasteiger partial charge in [0.25, 0.3) is 0 Å². The second-order valence-corrected chi connectivity index (χ2v) is 7.04. The lowest BCUT2D eigenvalue weighted by Gasteiger charge is -2.19. The van der Waals surface area contributed by atoms with Gasteiger partial charge in [-0.15, -0.1) is 0 Å². The number of sulfonamides is 1. The zero-order valence-corrected chi connectivity index (χ0v) is 14.4. The van der Waals surface area contributed by atoms with E-state index >= 15 is 0 Å². The van der Waals surface area contributed by atoms with E-state index in [1.807, 2.05) is 13.0 Å². The molecule has 0 saturated heterocycles. The molecule has 0 heterocycles. The van der Waals surface area contributed by atoms with E-state index in [4.69, 9.17) is 5.26 Å². The first-order valence-corrected chi connectivity index (χ1v) is 9.16. The van der Waals surface area contributed by atoms with Gasteiger partial charge >= 0.3 is 0 Å². The second kappa shape index (κ2) is 8.89. The van der Waals surface area contributed by atoms with Crippen molar-refractivity contribution in [2.75, 3.05) is 19.6 Å². The van der Waals surface area contributed by atoms with Gasteiger partial charge in [-0.3, -0.25) is 0 Å². The van der Waals surface area contributed by atoms with Gasteiger partial charge in [-0.05, 0) is 63.7 Å². The molecular formula is C16H25N3O2S. The highest BCUT2D eigenvalue weighted by molar-refractivity contribution is 7.89. The van der Waals surface area contributed by atoms with Crippen molar-refractivity contribution in [1.29, 1.82) is 5.26 Å². The van der Waals surface area contributed by atoms with Gasteiger partial charge in [0.1, 0.15) is 0 Å². The Morgan fingerprint density at radius 2 is 1.82 bits per heavy atom. The summed E-state index contributed by atoms with van der Waals surface area (Å²) in [7, 11) is -3.52. The summed E-state index contributed by atoms with van der Waals surface area (Å²) in [5, 5.41) is 8.74. The van der Waals surface area contributed by atoms with Crippen LogP contribution in [-0.2, 0) is 10.0 Å². The molecule has 1 rings (SSSR count). The van der Waals surface area contributed by atoms with Crippen LogP contribution in [0.25, 0.3) is 0 Å². The van der Waals surface area contributed by atoms with Crippen LogP contribution in [0.15, 0.2) is 29.2 Å². The number of rotatable bonds is 9. The molecule has 0 aliphatic carbocycles. The zero-order valence-electron chi connectivity index (χ0n) is 13.5. The molecule has 0 unspecified atom stereocenters. The van der Waals surface area contributed by atoms with E-state index in [9.17, 15) is 8.42 Å². The summed E-state index contributed by atoms with van der Waals surface area (Å²) in [6.45, 7) is 9.14. The van der Waals surface area contributed by atoms with Gasteiger partial charge in [0.2, 0.25) is 10.0 Å². The van der Waals surface area contributed by atoms with Crippen molar-refractivity contribution in [3.8, 4) is 6.07 Å². The Kier molecular flexibility index (Phi) is 7.52. The molecule has 5 nitrogen and oxygen atoms in total. The smallest absolute Gasteiger partial charge is 0.240 e. The minimum atomic E-state index is -3.52. The summed E-state index contributed by atoms with van der Waals surface area (Å²) in [5.74, 6) is 0. The predicted molar refractivity (Wildman–Crippen MR) is 88.0 cm³/mol. The van der Waals surface area contributed by atoms with E-state index in [-0.39, 0.29) is 10.9 Å². The van der Waals surface area contributed by atoms with E-state index < -0.39 is 10.0 Å². The maximum Gasteiger partial charge on any atom is 0.240 e. The van der Waals surface area contributed by atoms with Crippen molar-refractivity contribution >= 4 is 10.0 Å². The Morgan fingerprint density at radius 3 is 2.32 bits per heavy atom. The van der Waals surface area contributed by atoms with Crippen LogP contribution in [0.5, 0.6) is 0 Å². The standard InChI is InChI=1S/C16H25N3O2S/c1-4-19(5-2)12-6-7-14(3)18-22(20,21)16-10-8-15(13-17)9-11-16/h8-11,14,18H,4-7,12H2,1-3H3/t14-/m1/s1. The first-order valence-electron chi connectivity index (χ1n) is 7.67. The molecule has 0 radical (unpaired) electrons. The third kappa shape index (κ3) is 5.76. The van der Waals surface area contributed by atoms with Crippen LogP contribution in [0.3, 0.4) is 0 Å². The topological polar surface area (TPSA) is 73.2 Å². The predicted octanol–water partition coefficient (Wildman–Crippen LogP) is 2.35. The fourth-order valence-electron chi connectivity index (χ4n) is 2.26. The van der Waals surface area contributed by atoms with Gasteiger partial charge in [0.15, 0.2) is 0 Å². The summed E-state index contributed by atoms with van der Waals surface area (Å²) in [6, 6.07) is 7.81. The van der Waals surface area contributed by atoms with Gasteiger partial charge in [-0.2, -0.15) is 5.26 Å². The van der Waals surface area contributed by atoms with Crippen LogP contribution in [0, 0.1) is 11.3 Å². The molecule has 1 aromatic carbocycles. The summed E-state index contributed by atoms with van der Waals surface area (Å²) in [6.07, 6.45) is 1.75. The maximum atomic E-state index is 12.2. The average molecular weight is 323 g/mol. The van der Waals surface area contributed by atoms with E-state index in [1.54, 1.807) is 0 Å². The van der Waals surface area contributed by atoms with Crippen molar-refractivity contribution in [2.45, 2.75) is 44.6 Å². The molecule has 0 spiro atoms. The number of hydrogen-bond acceptors (Lipinski definition) is 4. The lowest BCUT2D eigenvalue weighted by molar-refractivity contribution is 0.293. The van der Waals surface area contributed by atoms with Crippen LogP contribution in [-0.4, -0.2) is 39.0 Å². The molecule has 1 N–H and O–H groups in total. The largest absolute Gasteiger partial charge is 0.304 e. The van der Waals surface area contributed by atoms with Crippen LogP contribution >= 0.6 is 0 Å². The van der Waals surface area contributed by atoms with Crippen LogP contribution in [0.2, 0.25) is 0 Å². The lowest BCUT2D eigenvalue weighted by Crippen LogP contribution is -2.33. The molecule has 0 aromatic heterocycles. The second-order valence-electron chi connectivity index (χ2n) is 5.33. The Balaban J connectivity index is 2.54. The summed E-state index contributed by atoms with van der Waals surface area (Å²) in [5.41, 5.74) is 0.450. The van der Waals surface area contributed by atoms with Crippen LogP contribution in [0.4, 0.5) is 0 Å². The zero-order chi connectivity index (χ0) is 16.6. The van der Waals surface area contributed by atoms with Crippen LogP contribution in [0.1, 0.15) is 39.2 Å². The fourth-order valence-corrected chi connectivity index (χ4v) is 3.54. The van der Waals surface area contributed by atoms with Gasteiger partial charge in [0.05, 0.1) is 16.5 Å². The first-order chi connectivity index (χ1) is 10.4. The fraction of sp³-hybridized carbons (Fsp3) is 0.562. The third-order valence-corrected chi connectivity index (χ3v) is 5.26. The Hall–Kier alpha value is -1.42. The van der Waals surface area contributed by atoms with Crippen molar-refractivity contribution < 1.29 is 8.42 Å². The maximum absolute atomic E-state index is 12.2. The van der Waals surface area contributed by atoms with E-state index in [0.29, 0.717) is 5.56 Å². The number of nitrogens with one attached hydrogen (secondary N) is 1. The summed E-state index contributed by atoms with van der Waals surface area (Å²) in [4.78, 5) is 2.52. The minimum Gasteiger partial charge on any atom is -0.304 e. The molecule has 0 aliphatic rings. The number of benzene rings is 1. The highest BCUT2D eigenvalue weighted by atomic mass is 32.2. The van der Waals surface area contributed by atoms with Crippen molar-refractivity contribution in [1.82, 2.24) is 9.62 Å². The molecule has 122 valence electrons. The third-order valence-electron chi connectivity index (χ3n) is 3.66. The van der Waals surface area contributed by atoms with E-state index in [2.05, 4.69) is 23.5 Å². The highest BCUT2D eigenvalue weighted by Gasteiger charge is 2.17. The molecular weight excluding hydrogens is 298 g/mol. The Bertz CT molecular complexity index is 587. The SMILES string of the molecule is CCN(CC)CCC[C@@H](C)NS(=O)(=O)c1ccc(C#N)cc1. The Morgan fingerprint density at radius 1 is 1.23 bits per heavy atom. The quantitative estimate of drug-likeness (QED) is 0.757. The molecule has 1 aromatic rings.